The summed E-state index contributed by atoms with van der Waals surface area (Å²) in [4.78, 5) is 24.2. The van der Waals surface area contributed by atoms with Gasteiger partial charge < -0.3 is 10.0 Å². The highest BCUT2D eigenvalue weighted by Crippen LogP contribution is 2.42. The summed E-state index contributed by atoms with van der Waals surface area (Å²) in [5, 5.41) is 10.3. The van der Waals surface area contributed by atoms with Crippen molar-refractivity contribution in [1.82, 2.24) is 0 Å². The van der Waals surface area contributed by atoms with Crippen LogP contribution in [0.3, 0.4) is 0 Å². The molecule has 1 aliphatic rings. The summed E-state index contributed by atoms with van der Waals surface area (Å²) in [5.41, 5.74) is 0.311. The van der Waals surface area contributed by atoms with E-state index >= 15 is 0 Å². The molecule has 0 atom stereocenters. The predicted octanol–water partition coefficient (Wildman–Crippen LogP) is 1.29. The molecule has 14 heavy (non-hydrogen) atoms. The fourth-order valence-electron chi connectivity index (χ4n) is 1.52. The van der Waals surface area contributed by atoms with Crippen molar-refractivity contribution in [3.8, 4) is 5.75 Å². The van der Waals surface area contributed by atoms with E-state index in [9.17, 15) is 14.7 Å². The Morgan fingerprint density at radius 2 is 2.29 bits per heavy atom. The van der Waals surface area contributed by atoms with Crippen LogP contribution >= 0.6 is 11.3 Å². The fourth-order valence-corrected chi connectivity index (χ4v) is 2.54. The van der Waals surface area contributed by atoms with Crippen molar-refractivity contribution in [3.63, 3.8) is 0 Å². The van der Waals surface area contributed by atoms with E-state index in [0.717, 1.165) is 11.3 Å². The molecule has 1 aromatic rings. The molecule has 4 nitrogen and oxygen atoms in total. The number of aromatic hydroxyl groups is 1. The first kappa shape index (κ1) is 9.21. The van der Waals surface area contributed by atoms with Gasteiger partial charge in [-0.3, -0.25) is 9.59 Å². The minimum Gasteiger partial charge on any atom is -0.505 e. The summed E-state index contributed by atoms with van der Waals surface area (Å²) in [7, 11) is 1.84. The number of carbonyl (C=O) groups is 2. The second-order valence-corrected chi connectivity index (χ2v) is 4.24. The van der Waals surface area contributed by atoms with E-state index in [2.05, 4.69) is 0 Å². The third-order valence-electron chi connectivity index (χ3n) is 2.30. The highest BCUT2D eigenvalue weighted by Gasteiger charge is 2.28. The van der Waals surface area contributed by atoms with E-state index in [-0.39, 0.29) is 16.4 Å². The average Bonchev–Trinajstić information content (AvgIpc) is 2.51. The Morgan fingerprint density at radius 3 is 2.86 bits per heavy atom. The van der Waals surface area contributed by atoms with Crippen molar-refractivity contribution in [1.29, 1.82) is 0 Å². The smallest absolute Gasteiger partial charge is 0.171 e. The SMILES string of the molecule is CN1CCC(=O)c2c1sc(C=O)c2O. The largest absolute Gasteiger partial charge is 0.505 e. The van der Waals surface area contributed by atoms with Gasteiger partial charge in [0, 0.05) is 20.0 Å². The Bertz CT molecular complexity index is 410. The van der Waals surface area contributed by atoms with Gasteiger partial charge in [-0.05, 0) is 0 Å². The molecular formula is C9H9NO3S. The molecule has 74 valence electrons. The molecule has 0 spiro atoms. The highest BCUT2D eigenvalue weighted by molar-refractivity contribution is 7.18. The van der Waals surface area contributed by atoms with Crippen molar-refractivity contribution >= 4 is 28.4 Å². The maximum atomic E-state index is 11.5. The van der Waals surface area contributed by atoms with Crippen molar-refractivity contribution in [2.45, 2.75) is 6.42 Å². The van der Waals surface area contributed by atoms with Crippen molar-refractivity contribution < 1.29 is 14.7 Å². The van der Waals surface area contributed by atoms with Crippen LogP contribution in [0.2, 0.25) is 0 Å². The van der Waals surface area contributed by atoms with Gasteiger partial charge in [-0.25, -0.2) is 0 Å². The van der Waals surface area contributed by atoms with Gasteiger partial charge in [0.2, 0.25) is 0 Å². The van der Waals surface area contributed by atoms with Gasteiger partial charge in [0.15, 0.2) is 12.1 Å². The van der Waals surface area contributed by atoms with Gasteiger partial charge in [0.05, 0.1) is 5.56 Å². The highest BCUT2D eigenvalue weighted by atomic mass is 32.1. The van der Waals surface area contributed by atoms with Crippen LogP contribution in [-0.2, 0) is 0 Å². The summed E-state index contributed by atoms with van der Waals surface area (Å²) < 4.78 is 0. The first-order valence-electron chi connectivity index (χ1n) is 4.20. The second kappa shape index (κ2) is 3.09. The molecule has 5 heteroatoms. The van der Waals surface area contributed by atoms with Gasteiger partial charge in [-0.15, -0.1) is 11.3 Å². The van der Waals surface area contributed by atoms with E-state index in [0.29, 0.717) is 29.8 Å². The molecule has 1 N–H and O–H groups in total. The summed E-state index contributed by atoms with van der Waals surface area (Å²) in [5.74, 6) is -0.239. The van der Waals surface area contributed by atoms with Crippen molar-refractivity contribution in [3.05, 3.63) is 10.4 Å². The quantitative estimate of drug-likeness (QED) is 0.711. The molecule has 0 bridgehead atoms. The molecule has 0 radical (unpaired) electrons. The van der Waals surface area contributed by atoms with Gasteiger partial charge >= 0.3 is 0 Å². The number of thiophene rings is 1. The predicted molar refractivity (Wildman–Crippen MR) is 53.6 cm³/mol. The Labute approximate surface area is 84.8 Å². The summed E-state index contributed by atoms with van der Waals surface area (Å²) in [6.45, 7) is 0.643. The minimum atomic E-state index is -0.156. The van der Waals surface area contributed by atoms with Crippen LogP contribution in [0.5, 0.6) is 5.75 Å². The lowest BCUT2D eigenvalue weighted by molar-refractivity contribution is 0.0978. The van der Waals surface area contributed by atoms with Gasteiger partial charge in [0.25, 0.3) is 0 Å². The van der Waals surface area contributed by atoms with Crippen LogP contribution in [-0.4, -0.2) is 30.8 Å². The van der Waals surface area contributed by atoms with Crippen LogP contribution in [0.15, 0.2) is 0 Å². The molecule has 1 aliphatic heterocycles. The van der Waals surface area contributed by atoms with E-state index in [1.807, 2.05) is 11.9 Å². The zero-order valence-corrected chi connectivity index (χ0v) is 8.43. The number of nitrogens with zero attached hydrogens (tertiary/aromatic N) is 1. The molecule has 0 aromatic carbocycles. The third-order valence-corrected chi connectivity index (χ3v) is 3.52. The third kappa shape index (κ3) is 1.13. The maximum Gasteiger partial charge on any atom is 0.171 e. The summed E-state index contributed by atoms with van der Waals surface area (Å²) in [6, 6.07) is 0. The number of hydrogen-bond donors (Lipinski definition) is 1. The topological polar surface area (TPSA) is 57.6 Å². The summed E-state index contributed by atoms with van der Waals surface area (Å²) >= 11 is 1.16. The zero-order chi connectivity index (χ0) is 10.3. The molecule has 1 aromatic heterocycles. The van der Waals surface area contributed by atoms with E-state index in [1.165, 1.54) is 0 Å². The standard InChI is InChI=1S/C9H9NO3S/c1-10-3-2-5(12)7-8(13)6(4-11)14-9(7)10/h4,13H,2-3H2,1H3. The minimum absolute atomic E-state index is 0.0834. The maximum absolute atomic E-state index is 11.5. The Kier molecular flexibility index (Phi) is 2.03. The first-order valence-corrected chi connectivity index (χ1v) is 5.02. The Morgan fingerprint density at radius 1 is 1.57 bits per heavy atom. The molecule has 0 fully saturated rings. The molecular weight excluding hydrogens is 202 g/mol. The Hall–Kier alpha value is -1.36. The number of rotatable bonds is 1. The van der Waals surface area contributed by atoms with E-state index in [1.54, 1.807) is 0 Å². The number of hydrogen-bond acceptors (Lipinski definition) is 5. The molecule has 0 saturated heterocycles. The first-order chi connectivity index (χ1) is 6.65. The molecule has 2 heterocycles. The zero-order valence-electron chi connectivity index (χ0n) is 7.61. The summed E-state index contributed by atoms with van der Waals surface area (Å²) in [6.07, 6.45) is 0.978. The van der Waals surface area contributed by atoms with E-state index < -0.39 is 0 Å². The second-order valence-electron chi connectivity index (χ2n) is 3.21. The molecule has 0 unspecified atom stereocenters. The van der Waals surface area contributed by atoms with Crippen LogP contribution in [0.4, 0.5) is 5.00 Å². The van der Waals surface area contributed by atoms with Crippen LogP contribution in [0.1, 0.15) is 26.5 Å². The molecule has 2 rings (SSSR count). The van der Waals surface area contributed by atoms with Crippen LogP contribution in [0, 0.1) is 0 Å². The van der Waals surface area contributed by atoms with Crippen molar-refractivity contribution in [2.75, 3.05) is 18.5 Å². The number of carbonyl (C=O) groups excluding carboxylic acids is 2. The van der Waals surface area contributed by atoms with Gasteiger partial charge in [0.1, 0.15) is 15.6 Å². The number of aldehydes is 1. The lowest BCUT2D eigenvalue weighted by Gasteiger charge is -2.22. The lowest BCUT2D eigenvalue weighted by Crippen LogP contribution is -2.26. The number of Topliss-reactive ketones (excluding diaryl/α,β-unsaturated/α-hetero) is 1. The van der Waals surface area contributed by atoms with Gasteiger partial charge in [-0.2, -0.15) is 0 Å². The van der Waals surface area contributed by atoms with Crippen LogP contribution in [0.25, 0.3) is 0 Å². The molecule has 0 amide bonds. The van der Waals surface area contributed by atoms with E-state index in [4.69, 9.17) is 0 Å². The fraction of sp³-hybridized carbons (Fsp3) is 0.333. The van der Waals surface area contributed by atoms with Crippen molar-refractivity contribution in [2.24, 2.45) is 0 Å². The monoisotopic (exact) mass is 211 g/mol. The number of fused-ring (bicyclic) bond motifs is 1. The molecule has 0 aliphatic carbocycles. The number of ketones is 1. The molecule has 0 saturated carbocycles. The average molecular weight is 211 g/mol. The van der Waals surface area contributed by atoms with Crippen LogP contribution < -0.4 is 4.90 Å². The normalized spacial score (nSPS) is 15.5. The Balaban J connectivity index is 2.64. The lowest BCUT2D eigenvalue weighted by atomic mass is 10.1. The van der Waals surface area contributed by atoms with Gasteiger partial charge in [-0.1, -0.05) is 0 Å². The number of anilines is 1.